The summed E-state index contributed by atoms with van der Waals surface area (Å²) in [5.74, 6) is 2.06. The second kappa shape index (κ2) is 6.84. The zero-order valence-electron chi connectivity index (χ0n) is 13.9. The lowest BCUT2D eigenvalue weighted by molar-refractivity contribution is 0.298. The van der Waals surface area contributed by atoms with Crippen molar-refractivity contribution in [3.05, 3.63) is 59.0 Å². The molecule has 128 valence electrons. The highest BCUT2D eigenvalue weighted by molar-refractivity contribution is 9.10. The highest BCUT2D eigenvalue weighted by atomic mass is 79.9. The molecule has 1 aliphatic carbocycles. The van der Waals surface area contributed by atoms with Gasteiger partial charge in [0, 0.05) is 5.39 Å². The van der Waals surface area contributed by atoms with Crippen LogP contribution in [0.25, 0.3) is 16.5 Å². The zero-order chi connectivity index (χ0) is 17.4. The maximum Gasteiger partial charge on any atom is 0.205 e. The molecule has 1 heterocycles. The van der Waals surface area contributed by atoms with E-state index in [1.807, 2.05) is 4.57 Å². The molecular formula is C19H18BrN3OS. The number of halogens is 1. The molecule has 0 amide bonds. The van der Waals surface area contributed by atoms with Crippen molar-refractivity contribution < 1.29 is 4.74 Å². The minimum absolute atomic E-state index is 0.639. The standard InChI is InChI=1S/C19H18BrN3OS/c1-12(24-2)11-25-19-22-21-18(20)23(19)17-10-9-14(13-7-8-13)15-5-3-4-6-16(15)17/h3-6,9-10,13H,1,7-8,11H2,2H3. The van der Waals surface area contributed by atoms with Gasteiger partial charge in [0.1, 0.15) is 0 Å². The second-order valence-corrected chi connectivity index (χ2v) is 7.76. The Hall–Kier alpha value is -1.79. The molecule has 0 saturated heterocycles. The molecule has 1 saturated carbocycles. The normalized spacial score (nSPS) is 14.0. The van der Waals surface area contributed by atoms with Crippen molar-refractivity contribution in [2.45, 2.75) is 23.9 Å². The lowest BCUT2D eigenvalue weighted by Gasteiger charge is -2.14. The van der Waals surface area contributed by atoms with E-state index < -0.39 is 0 Å². The first-order valence-electron chi connectivity index (χ1n) is 8.16. The molecule has 4 rings (SSSR count). The number of ether oxygens (including phenoxy) is 1. The maximum atomic E-state index is 5.16. The van der Waals surface area contributed by atoms with E-state index in [4.69, 9.17) is 4.74 Å². The van der Waals surface area contributed by atoms with Gasteiger partial charge < -0.3 is 4.74 Å². The Balaban J connectivity index is 1.81. The molecule has 0 bridgehead atoms. The summed E-state index contributed by atoms with van der Waals surface area (Å²) in [5.41, 5.74) is 2.54. The van der Waals surface area contributed by atoms with Gasteiger partial charge in [0.05, 0.1) is 24.3 Å². The molecule has 25 heavy (non-hydrogen) atoms. The van der Waals surface area contributed by atoms with E-state index in [0.717, 1.165) is 10.8 Å². The van der Waals surface area contributed by atoms with Gasteiger partial charge in [-0.2, -0.15) is 0 Å². The Morgan fingerprint density at radius 3 is 2.72 bits per heavy atom. The quantitative estimate of drug-likeness (QED) is 0.403. The summed E-state index contributed by atoms with van der Waals surface area (Å²) in [6.45, 7) is 3.87. The molecule has 1 aromatic heterocycles. The van der Waals surface area contributed by atoms with Crippen LogP contribution in [0.4, 0.5) is 0 Å². The summed E-state index contributed by atoms with van der Waals surface area (Å²) in [6.07, 6.45) is 2.58. The highest BCUT2D eigenvalue weighted by Gasteiger charge is 2.26. The molecule has 1 fully saturated rings. The van der Waals surface area contributed by atoms with Gasteiger partial charge in [-0.1, -0.05) is 48.7 Å². The third-order valence-electron chi connectivity index (χ3n) is 4.44. The smallest absolute Gasteiger partial charge is 0.205 e. The summed E-state index contributed by atoms with van der Waals surface area (Å²) < 4.78 is 7.90. The molecule has 6 heteroatoms. The van der Waals surface area contributed by atoms with E-state index >= 15 is 0 Å². The average Bonchev–Trinajstić information content (AvgIpc) is 3.42. The minimum Gasteiger partial charge on any atom is -0.501 e. The maximum absolute atomic E-state index is 5.16. The van der Waals surface area contributed by atoms with Crippen LogP contribution in [0.1, 0.15) is 24.3 Å². The molecule has 4 nitrogen and oxygen atoms in total. The van der Waals surface area contributed by atoms with Crippen molar-refractivity contribution in [2.75, 3.05) is 12.9 Å². The van der Waals surface area contributed by atoms with Gasteiger partial charge in [-0.25, -0.2) is 0 Å². The molecule has 2 aromatic carbocycles. The van der Waals surface area contributed by atoms with Crippen LogP contribution in [-0.4, -0.2) is 27.6 Å². The third kappa shape index (κ3) is 3.20. The highest BCUT2D eigenvalue weighted by Crippen LogP contribution is 2.44. The summed E-state index contributed by atoms with van der Waals surface area (Å²) in [4.78, 5) is 0. The fourth-order valence-corrected chi connectivity index (χ4v) is 4.38. The van der Waals surface area contributed by atoms with Gasteiger partial charge in [0.25, 0.3) is 0 Å². The number of methoxy groups -OCH3 is 1. The van der Waals surface area contributed by atoms with Gasteiger partial charge in [-0.05, 0) is 51.7 Å². The SMILES string of the molecule is C=C(CSc1nnc(Br)n1-c1ccc(C2CC2)c2ccccc12)OC. The van der Waals surface area contributed by atoms with Crippen LogP contribution < -0.4 is 0 Å². The number of nitrogens with zero attached hydrogens (tertiary/aromatic N) is 3. The molecule has 3 aromatic rings. The summed E-state index contributed by atoms with van der Waals surface area (Å²) >= 11 is 5.11. The summed E-state index contributed by atoms with van der Waals surface area (Å²) in [6, 6.07) is 13.0. The van der Waals surface area contributed by atoms with E-state index in [9.17, 15) is 0 Å². The van der Waals surface area contributed by atoms with Crippen LogP contribution >= 0.6 is 27.7 Å². The van der Waals surface area contributed by atoms with Crippen LogP contribution in [0.3, 0.4) is 0 Å². The van der Waals surface area contributed by atoms with E-state index in [1.54, 1.807) is 18.9 Å². The number of fused-ring (bicyclic) bond motifs is 1. The van der Waals surface area contributed by atoms with E-state index in [2.05, 4.69) is 69.1 Å². The van der Waals surface area contributed by atoms with Gasteiger partial charge in [0.2, 0.25) is 4.73 Å². The predicted molar refractivity (Wildman–Crippen MR) is 105 cm³/mol. The Labute approximate surface area is 159 Å². The summed E-state index contributed by atoms with van der Waals surface area (Å²) in [7, 11) is 1.63. The first-order valence-corrected chi connectivity index (χ1v) is 9.94. The van der Waals surface area contributed by atoms with Crippen molar-refractivity contribution in [1.82, 2.24) is 14.8 Å². The van der Waals surface area contributed by atoms with Gasteiger partial charge in [0.15, 0.2) is 5.16 Å². The number of rotatable bonds is 6. The Morgan fingerprint density at radius 2 is 2.00 bits per heavy atom. The van der Waals surface area contributed by atoms with Gasteiger partial charge in [-0.15, -0.1) is 10.2 Å². The Kier molecular flexibility index (Phi) is 4.56. The van der Waals surface area contributed by atoms with E-state index in [-0.39, 0.29) is 0 Å². The first kappa shape index (κ1) is 16.7. The van der Waals surface area contributed by atoms with Crippen LogP contribution in [0, 0.1) is 0 Å². The zero-order valence-corrected chi connectivity index (χ0v) is 16.3. The largest absolute Gasteiger partial charge is 0.501 e. The molecular weight excluding hydrogens is 398 g/mol. The number of thioether (sulfide) groups is 1. The third-order valence-corrected chi connectivity index (χ3v) is 5.94. The van der Waals surface area contributed by atoms with Crippen LogP contribution in [0.15, 0.2) is 58.6 Å². The van der Waals surface area contributed by atoms with Crippen LogP contribution in [0.2, 0.25) is 0 Å². The van der Waals surface area contributed by atoms with E-state index in [0.29, 0.717) is 22.2 Å². The van der Waals surface area contributed by atoms with Gasteiger partial charge in [-0.3, -0.25) is 4.57 Å². The predicted octanol–water partition coefficient (Wildman–Crippen LogP) is 5.31. The lowest BCUT2D eigenvalue weighted by atomic mass is 9.99. The molecule has 0 N–H and O–H groups in total. The average molecular weight is 416 g/mol. The number of hydrogen-bond donors (Lipinski definition) is 0. The Morgan fingerprint density at radius 1 is 1.24 bits per heavy atom. The molecule has 0 atom stereocenters. The molecule has 0 unspecified atom stereocenters. The lowest BCUT2D eigenvalue weighted by Crippen LogP contribution is -2.00. The Bertz CT molecular complexity index is 949. The topological polar surface area (TPSA) is 39.9 Å². The second-order valence-electron chi connectivity index (χ2n) is 6.11. The molecule has 0 aliphatic heterocycles. The number of hydrogen-bond acceptors (Lipinski definition) is 4. The monoisotopic (exact) mass is 415 g/mol. The van der Waals surface area contributed by atoms with Gasteiger partial charge >= 0.3 is 0 Å². The molecule has 1 aliphatic rings. The first-order chi connectivity index (χ1) is 12.2. The number of benzene rings is 2. The van der Waals surface area contributed by atoms with Crippen molar-refractivity contribution in [1.29, 1.82) is 0 Å². The molecule has 0 radical (unpaired) electrons. The fraction of sp³-hybridized carbons (Fsp3) is 0.263. The van der Waals surface area contributed by atoms with Crippen LogP contribution in [-0.2, 0) is 4.74 Å². The fourth-order valence-electron chi connectivity index (χ4n) is 3.00. The van der Waals surface area contributed by atoms with E-state index in [1.165, 1.54) is 29.2 Å². The van der Waals surface area contributed by atoms with Crippen molar-refractivity contribution in [2.24, 2.45) is 0 Å². The minimum atomic E-state index is 0.639. The van der Waals surface area contributed by atoms with Crippen LogP contribution in [0.5, 0.6) is 0 Å². The van der Waals surface area contributed by atoms with Crippen molar-refractivity contribution in [3.63, 3.8) is 0 Å². The van der Waals surface area contributed by atoms with Crippen molar-refractivity contribution >= 4 is 38.5 Å². The molecule has 0 spiro atoms. The number of aromatic nitrogens is 3. The van der Waals surface area contributed by atoms with Crippen molar-refractivity contribution in [3.8, 4) is 5.69 Å². The summed E-state index contributed by atoms with van der Waals surface area (Å²) in [5, 5.41) is 11.9.